The van der Waals surface area contributed by atoms with Crippen LogP contribution in [-0.2, 0) is 6.54 Å². The quantitative estimate of drug-likeness (QED) is 0.831. The fourth-order valence-electron chi connectivity index (χ4n) is 1.78. The first-order valence-electron chi connectivity index (χ1n) is 6.84. The Balaban J connectivity index is 1.89. The van der Waals surface area contributed by atoms with Crippen LogP contribution in [0, 0.1) is 0 Å². The summed E-state index contributed by atoms with van der Waals surface area (Å²) in [6, 6.07) is 0. The van der Waals surface area contributed by atoms with Crippen LogP contribution in [0.3, 0.4) is 0 Å². The van der Waals surface area contributed by atoms with E-state index in [2.05, 4.69) is 20.3 Å². The fourth-order valence-corrected chi connectivity index (χ4v) is 1.96. The molecule has 1 N–H and O–H groups in total. The first kappa shape index (κ1) is 15.4. The van der Waals surface area contributed by atoms with Crippen molar-refractivity contribution in [3.63, 3.8) is 0 Å². The molecule has 0 radical (unpaired) electrons. The van der Waals surface area contributed by atoms with Gasteiger partial charge in [0, 0.05) is 31.4 Å². The number of amides is 1. The van der Waals surface area contributed by atoms with Gasteiger partial charge < -0.3 is 9.88 Å². The van der Waals surface area contributed by atoms with E-state index >= 15 is 0 Å². The molecule has 0 fully saturated rings. The minimum absolute atomic E-state index is 0.148. The number of aryl methyl sites for hydroxylation is 1. The zero-order valence-corrected chi connectivity index (χ0v) is 12.8. The van der Waals surface area contributed by atoms with E-state index in [4.69, 9.17) is 11.6 Å². The van der Waals surface area contributed by atoms with Gasteiger partial charge in [-0.25, -0.2) is 15.0 Å². The topological polar surface area (TPSA) is 72.7 Å². The minimum Gasteiger partial charge on any atom is -0.351 e. The van der Waals surface area contributed by atoms with Crippen molar-refractivity contribution in [3.8, 4) is 0 Å². The third kappa shape index (κ3) is 4.26. The van der Waals surface area contributed by atoms with Crippen LogP contribution in [0.15, 0.2) is 24.9 Å². The van der Waals surface area contributed by atoms with Crippen molar-refractivity contribution in [2.24, 2.45) is 0 Å². The first-order valence-corrected chi connectivity index (χ1v) is 7.22. The highest BCUT2D eigenvalue weighted by Crippen LogP contribution is 2.16. The van der Waals surface area contributed by atoms with E-state index < -0.39 is 0 Å². The Labute approximate surface area is 128 Å². The molecule has 0 saturated carbocycles. The Morgan fingerprint density at radius 1 is 1.48 bits per heavy atom. The highest BCUT2D eigenvalue weighted by molar-refractivity contribution is 6.33. The molecule has 0 aromatic carbocycles. The van der Waals surface area contributed by atoms with Crippen molar-refractivity contribution in [3.05, 3.63) is 41.5 Å². The molecule has 0 unspecified atom stereocenters. The molecule has 7 heteroatoms. The molecule has 2 aromatic rings. The number of hydrogen-bond acceptors (Lipinski definition) is 4. The van der Waals surface area contributed by atoms with Crippen LogP contribution in [0.1, 0.15) is 42.5 Å². The van der Waals surface area contributed by atoms with E-state index in [9.17, 15) is 4.79 Å². The van der Waals surface area contributed by atoms with Gasteiger partial charge in [-0.15, -0.1) is 0 Å². The summed E-state index contributed by atoms with van der Waals surface area (Å²) in [6.07, 6.45) is 7.65. The van der Waals surface area contributed by atoms with Gasteiger partial charge in [0.25, 0.3) is 5.91 Å². The summed E-state index contributed by atoms with van der Waals surface area (Å²) >= 11 is 5.99. The van der Waals surface area contributed by atoms with Crippen molar-refractivity contribution in [2.75, 3.05) is 6.54 Å². The predicted molar refractivity (Wildman–Crippen MR) is 80.3 cm³/mol. The van der Waals surface area contributed by atoms with Gasteiger partial charge in [-0.1, -0.05) is 25.4 Å². The zero-order valence-electron chi connectivity index (χ0n) is 12.1. The molecule has 0 atom stereocenters. The van der Waals surface area contributed by atoms with E-state index in [1.54, 1.807) is 12.5 Å². The molecule has 0 spiro atoms. The molecule has 112 valence electrons. The lowest BCUT2D eigenvalue weighted by Crippen LogP contribution is -2.27. The summed E-state index contributed by atoms with van der Waals surface area (Å²) in [5.74, 6) is 0.493. The number of aromatic nitrogens is 4. The van der Waals surface area contributed by atoms with Crippen LogP contribution in [0.2, 0.25) is 5.02 Å². The molecule has 2 heterocycles. The average Bonchev–Trinajstić information content (AvgIpc) is 2.96. The van der Waals surface area contributed by atoms with Gasteiger partial charge in [-0.3, -0.25) is 4.79 Å². The molecule has 2 aromatic heterocycles. The molecule has 6 nitrogen and oxygen atoms in total. The van der Waals surface area contributed by atoms with Gasteiger partial charge in [0.15, 0.2) is 0 Å². The van der Waals surface area contributed by atoms with Gasteiger partial charge >= 0.3 is 0 Å². The normalized spacial score (nSPS) is 10.9. The van der Waals surface area contributed by atoms with Crippen molar-refractivity contribution in [2.45, 2.75) is 32.7 Å². The SMILES string of the molecule is CC(C)c1ncc(Cl)c(C(=O)NCCCn2ccnc2)n1. The highest BCUT2D eigenvalue weighted by Gasteiger charge is 2.14. The minimum atomic E-state index is -0.269. The third-order valence-corrected chi connectivity index (χ3v) is 3.21. The van der Waals surface area contributed by atoms with E-state index in [0.717, 1.165) is 13.0 Å². The van der Waals surface area contributed by atoms with Crippen molar-refractivity contribution in [1.82, 2.24) is 24.8 Å². The number of carbonyl (C=O) groups is 1. The van der Waals surface area contributed by atoms with Crippen LogP contribution in [0.5, 0.6) is 0 Å². The Morgan fingerprint density at radius 2 is 2.29 bits per heavy atom. The summed E-state index contributed by atoms with van der Waals surface area (Å²) in [5.41, 5.74) is 0.234. The van der Waals surface area contributed by atoms with Gasteiger partial charge in [0.05, 0.1) is 17.5 Å². The maximum Gasteiger partial charge on any atom is 0.271 e. The zero-order chi connectivity index (χ0) is 15.2. The summed E-state index contributed by atoms with van der Waals surface area (Å²) in [6.45, 7) is 5.29. The monoisotopic (exact) mass is 307 g/mol. The van der Waals surface area contributed by atoms with Gasteiger partial charge in [-0.05, 0) is 6.42 Å². The van der Waals surface area contributed by atoms with E-state index in [0.29, 0.717) is 12.4 Å². The fraction of sp³-hybridized carbons (Fsp3) is 0.429. The maximum atomic E-state index is 12.1. The summed E-state index contributed by atoms with van der Waals surface area (Å²) in [7, 11) is 0. The third-order valence-electron chi connectivity index (χ3n) is 2.93. The Morgan fingerprint density at radius 3 is 2.95 bits per heavy atom. The second-order valence-corrected chi connectivity index (χ2v) is 5.40. The Bertz CT molecular complexity index is 597. The molecule has 0 aliphatic heterocycles. The lowest BCUT2D eigenvalue weighted by Gasteiger charge is -2.09. The standard InChI is InChI=1S/C14H18ClN5O/c1-10(2)13-18-8-11(15)12(19-13)14(21)17-4-3-6-20-7-5-16-9-20/h5,7-10H,3-4,6H2,1-2H3,(H,17,21). The molecule has 0 aliphatic carbocycles. The predicted octanol–water partition coefficient (Wildman–Crippen LogP) is 2.27. The van der Waals surface area contributed by atoms with Crippen LogP contribution >= 0.6 is 11.6 Å². The second kappa shape index (κ2) is 7.17. The lowest BCUT2D eigenvalue weighted by atomic mass is 10.2. The smallest absolute Gasteiger partial charge is 0.271 e. The molecule has 0 aliphatic rings. The lowest BCUT2D eigenvalue weighted by molar-refractivity contribution is 0.0947. The summed E-state index contributed by atoms with van der Waals surface area (Å²) < 4.78 is 1.96. The highest BCUT2D eigenvalue weighted by atomic mass is 35.5. The molecular formula is C14H18ClN5O. The number of hydrogen-bond donors (Lipinski definition) is 1. The summed E-state index contributed by atoms with van der Waals surface area (Å²) in [4.78, 5) is 24.4. The van der Waals surface area contributed by atoms with Gasteiger partial charge in [0.2, 0.25) is 0 Å². The van der Waals surface area contributed by atoms with Crippen molar-refractivity contribution < 1.29 is 4.79 Å². The number of imidazole rings is 1. The van der Waals surface area contributed by atoms with Crippen LogP contribution in [0.25, 0.3) is 0 Å². The molecule has 1 amide bonds. The largest absolute Gasteiger partial charge is 0.351 e. The van der Waals surface area contributed by atoms with E-state index in [1.165, 1.54) is 6.20 Å². The number of nitrogens with one attached hydrogen (secondary N) is 1. The molecule has 0 saturated heterocycles. The molecule has 0 bridgehead atoms. The number of carbonyl (C=O) groups excluding carboxylic acids is 1. The van der Waals surface area contributed by atoms with Gasteiger partial charge in [-0.2, -0.15) is 0 Å². The van der Waals surface area contributed by atoms with Crippen LogP contribution in [0.4, 0.5) is 0 Å². The van der Waals surface area contributed by atoms with Crippen LogP contribution < -0.4 is 5.32 Å². The van der Waals surface area contributed by atoms with Crippen molar-refractivity contribution in [1.29, 1.82) is 0 Å². The average molecular weight is 308 g/mol. The van der Waals surface area contributed by atoms with E-state index in [-0.39, 0.29) is 22.5 Å². The molecule has 2 rings (SSSR count). The van der Waals surface area contributed by atoms with Crippen molar-refractivity contribution >= 4 is 17.5 Å². The maximum absolute atomic E-state index is 12.1. The number of halogens is 1. The van der Waals surface area contributed by atoms with E-state index in [1.807, 2.05) is 24.6 Å². The first-order chi connectivity index (χ1) is 10.1. The number of nitrogens with zero attached hydrogens (tertiary/aromatic N) is 4. The van der Waals surface area contributed by atoms with Gasteiger partial charge in [0.1, 0.15) is 11.5 Å². The second-order valence-electron chi connectivity index (χ2n) is 4.99. The molecule has 21 heavy (non-hydrogen) atoms. The Kier molecular flexibility index (Phi) is 5.27. The van der Waals surface area contributed by atoms with Crippen LogP contribution in [-0.4, -0.2) is 32.0 Å². The summed E-state index contributed by atoms with van der Waals surface area (Å²) in [5, 5.41) is 3.09. The number of rotatable bonds is 6. The molecular weight excluding hydrogens is 290 g/mol. The Hall–Kier alpha value is -1.95.